The van der Waals surface area contributed by atoms with E-state index in [0.29, 0.717) is 30.1 Å². The quantitative estimate of drug-likeness (QED) is 0.625. The maximum Gasteiger partial charge on any atom is 0.319 e. The maximum absolute atomic E-state index is 13.4. The maximum atomic E-state index is 13.4. The Morgan fingerprint density at radius 2 is 2.00 bits per heavy atom. The molecule has 1 fully saturated rings. The molecule has 32 heavy (non-hydrogen) atoms. The van der Waals surface area contributed by atoms with Gasteiger partial charge in [0, 0.05) is 25.0 Å². The van der Waals surface area contributed by atoms with Crippen molar-refractivity contribution < 1.29 is 19.4 Å². The van der Waals surface area contributed by atoms with Crippen LogP contribution in [0.15, 0.2) is 18.2 Å². The molecule has 0 bridgehead atoms. The van der Waals surface area contributed by atoms with Gasteiger partial charge in [0.2, 0.25) is 0 Å². The molecule has 3 atom stereocenters. The second-order valence-corrected chi connectivity index (χ2v) is 9.50. The van der Waals surface area contributed by atoms with E-state index in [1.807, 2.05) is 21.0 Å². The van der Waals surface area contributed by atoms with Crippen molar-refractivity contribution in [1.82, 2.24) is 15.1 Å². The Bertz CT molecular complexity index is 794. The van der Waals surface area contributed by atoms with E-state index in [9.17, 15) is 14.7 Å². The van der Waals surface area contributed by atoms with Gasteiger partial charge in [0.15, 0.2) is 5.75 Å². The van der Waals surface area contributed by atoms with Crippen molar-refractivity contribution in [2.75, 3.05) is 39.1 Å². The van der Waals surface area contributed by atoms with Crippen LogP contribution in [-0.4, -0.2) is 78.8 Å². The minimum absolute atomic E-state index is 0.0348. The normalized spacial score (nSPS) is 23.1. The number of nitrogens with one attached hydrogen (secondary N) is 2. The van der Waals surface area contributed by atoms with E-state index in [4.69, 9.17) is 4.74 Å². The molecule has 8 heteroatoms. The van der Waals surface area contributed by atoms with Crippen LogP contribution >= 0.6 is 0 Å². The molecule has 1 aromatic rings. The number of para-hydroxylation sites is 1. The zero-order valence-electron chi connectivity index (χ0n) is 19.8. The molecule has 8 nitrogen and oxygen atoms in total. The molecule has 1 saturated carbocycles. The zero-order valence-corrected chi connectivity index (χ0v) is 19.8. The average molecular weight is 447 g/mol. The summed E-state index contributed by atoms with van der Waals surface area (Å²) in [6.45, 7) is 4.93. The molecule has 1 aromatic carbocycles. The van der Waals surface area contributed by atoms with Crippen molar-refractivity contribution in [3.05, 3.63) is 23.8 Å². The van der Waals surface area contributed by atoms with E-state index in [2.05, 4.69) is 22.5 Å². The molecule has 0 spiro atoms. The summed E-state index contributed by atoms with van der Waals surface area (Å²) in [7, 11) is 3.97. The molecule has 2 aliphatic rings. The largest absolute Gasteiger partial charge is 0.486 e. The van der Waals surface area contributed by atoms with Crippen molar-refractivity contribution >= 4 is 17.6 Å². The number of benzene rings is 1. The Hall–Kier alpha value is -2.32. The minimum atomic E-state index is -0.317. The third kappa shape index (κ3) is 5.92. The number of ether oxygens (including phenoxy) is 1. The summed E-state index contributed by atoms with van der Waals surface area (Å²) in [5, 5.41) is 15.7. The lowest BCUT2D eigenvalue weighted by molar-refractivity contribution is 0.0365. The molecule has 0 unspecified atom stereocenters. The van der Waals surface area contributed by atoms with Gasteiger partial charge in [-0.3, -0.25) is 4.79 Å². The van der Waals surface area contributed by atoms with Crippen molar-refractivity contribution in [2.24, 2.45) is 5.92 Å². The van der Waals surface area contributed by atoms with Gasteiger partial charge in [-0.1, -0.05) is 32.3 Å². The number of amides is 3. The fourth-order valence-corrected chi connectivity index (χ4v) is 4.51. The number of aliphatic hydroxyl groups is 1. The van der Waals surface area contributed by atoms with E-state index < -0.39 is 0 Å². The molecule has 0 radical (unpaired) electrons. The van der Waals surface area contributed by atoms with Crippen LogP contribution in [0.4, 0.5) is 10.5 Å². The highest BCUT2D eigenvalue weighted by atomic mass is 16.5. The van der Waals surface area contributed by atoms with E-state index in [0.717, 1.165) is 25.7 Å². The zero-order chi connectivity index (χ0) is 23.3. The summed E-state index contributed by atoms with van der Waals surface area (Å²) in [6, 6.07) is 4.83. The van der Waals surface area contributed by atoms with E-state index in [1.54, 1.807) is 23.1 Å². The molecule has 1 heterocycles. The summed E-state index contributed by atoms with van der Waals surface area (Å²) in [6.07, 6.45) is 5.28. The van der Waals surface area contributed by atoms with Gasteiger partial charge in [0.25, 0.3) is 5.91 Å². The van der Waals surface area contributed by atoms with Crippen LogP contribution in [0.5, 0.6) is 5.75 Å². The van der Waals surface area contributed by atoms with Crippen LogP contribution in [0, 0.1) is 5.92 Å². The number of hydrogen-bond donors (Lipinski definition) is 3. The number of urea groups is 1. The average Bonchev–Trinajstić information content (AvgIpc) is 2.76. The SMILES string of the molecule is C[C@H]1CN([C@@H](C)CO)C(=O)c2cccc(NC(=O)NC3CCCCC3)c2O[C@H]1CN(C)C. The Morgan fingerprint density at radius 1 is 1.28 bits per heavy atom. The number of hydrogen-bond acceptors (Lipinski definition) is 5. The Kier molecular flexibility index (Phi) is 8.37. The molecule has 3 rings (SSSR count). The third-order valence-electron chi connectivity index (χ3n) is 6.42. The highest BCUT2D eigenvalue weighted by molar-refractivity contribution is 6.01. The highest BCUT2D eigenvalue weighted by Crippen LogP contribution is 2.35. The van der Waals surface area contributed by atoms with Crippen LogP contribution in [-0.2, 0) is 0 Å². The standard InChI is InChI=1S/C24H38N4O4/c1-16-13-28(17(2)15-29)23(30)19-11-8-12-20(22(19)32-21(16)14-27(3)4)26-24(31)25-18-9-6-5-7-10-18/h8,11-12,16-18,21,29H,5-7,9-10,13-15H2,1-4H3,(H2,25,26,31)/t16-,17-,21-/m0/s1. The summed E-state index contributed by atoms with van der Waals surface area (Å²) < 4.78 is 6.42. The van der Waals surface area contributed by atoms with Gasteiger partial charge >= 0.3 is 6.03 Å². The van der Waals surface area contributed by atoms with Crippen LogP contribution < -0.4 is 15.4 Å². The first-order valence-corrected chi connectivity index (χ1v) is 11.7. The van der Waals surface area contributed by atoms with Crippen molar-refractivity contribution in [3.63, 3.8) is 0 Å². The van der Waals surface area contributed by atoms with Crippen LogP contribution in [0.25, 0.3) is 0 Å². The van der Waals surface area contributed by atoms with Gasteiger partial charge in [0.1, 0.15) is 6.10 Å². The van der Waals surface area contributed by atoms with Gasteiger partial charge in [-0.15, -0.1) is 0 Å². The Morgan fingerprint density at radius 3 is 2.66 bits per heavy atom. The summed E-state index contributed by atoms with van der Waals surface area (Å²) in [4.78, 5) is 29.9. The topological polar surface area (TPSA) is 94.1 Å². The highest BCUT2D eigenvalue weighted by Gasteiger charge is 2.34. The molecular weight excluding hydrogens is 408 g/mol. The van der Waals surface area contributed by atoms with Crippen molar-refractivity contribution in [3.8, 4) is 5.75 Å². The molecule has 1 aliphatic carbocycles. The van der Waals surface area contributed by atoms with E-state index in [-0.39, 0.29) is 42.7 Å². The molecule has 3 N–H and O–H groups in total. The lowest BCUT2D eigenvalue weighted by Crippen LogP contribution is -2.49. The number of fused-ring (bicyclic) bond motifs is 1. The predicted octanol–water partition coefficient (Wildman–Crippen LogP) is 2.92. The summed E-state index contributed by atoms with van der Waals surface area (Å²) in [5.41, 5.74) is 0.884. The molecule has 0 saturated heterocycles. The lowest BCUT2D eigenvalue weighted by atomic mass is 9.96. The van der Waals surface area contributed by atoms with Gasteiger partial charge < -0.3 is 30.3 Å². The van der Waals surface area contributed by atoms with Crippen LogP contribution in [0.3, 0.4) is 0 Å². The first-order valence-electron chi connectivity index (χ1n) is 11.7. The van der Waals surface area contributed by atoms with Gasteiger partial charge in [-0.05, 0) is 46.0 Å². The number of carbonyl (C=O) groups excluding carboxylic acids is 2. The van der Waals surface area contributed by atoms with Gasteiger partial charge in [-0.2, -0.15) is 0 Å². The van der Waals surface area contributed by atoms with Crippen LogP contribution in [0.2, 0.25) is 0 Å². The minimum Gasteiger partial charge on any atom is -0.486 e. The first kappa shape index (κ1) is 24.3. The number of likely N-dealkylation sites (N-methyl/N-ethyl adjacent to an activating group) is 1. The van der Waals surface area contributed by atoms with Crippen molar-refractivity contribution in [2.45, 2.75) is 64.1 Å². The number of carbonyl (C=O) groups is 2. The number of anilines is 1. The van der Waals surface area contributed by atoms with Crippen molar-refractivity contribution in [1.29, 1.82) is 0 Å². The summed E-state index contributed by atoms with van der Waals surface area (Å²) in [5.74, 6) is 0.227. The van der Waals surface area contributed by atoms with Crippen LogP contribution in [0.1, 0.15) is 56.3 Å². The fourth-order valence-electron chi connectivity index (χ4n) is 4.51. The van der Waals surface area contributed by atoms with E-state index >= 15 is 0 Å². The fraction of sp³-hybridized carbons (Fsp3) is 0.667. The number of nitrogens with zero attached hydrogens (tertiary/aromatic N) is 2. The summed E-state index contributed by atoms with van der Waals surface area (Å²) >= 11 is 0. The first-order chi connectivity index (χ1) is 15.3. The smallest absolute Gasteiger partial charge is 0.319 e. The lowest BCUT2D eigenvalue weighted by Gasteiger charge is -2.38. The van der Waals surface area contributed by atoms with Gasteiger partial charge in [-0.25, -0.2) is 4.79 Å². The second-order valence-electron chi connectivity index (χ2n) is 9.50. The Balaban J connectivity index is 1.91. The predicted molar refractivity (Wildman–Crippen MR) is 125 cm³/mol. The van der Waals surface area contributed by atoms with Gasteiger partial charge in [0.05, 0.1) is 23.9 Å². The molecule has 0 aromatic heterocycles. The second kappa shape index (κ2) is 11.0. The molecule has 1 aliphatic heterocycles. The Labute approximate surface area is 191 Å². The third-order valence-corrected chi connectivity index (χ3v) is 6.42. The molecule has 3 amide bonds. The molecular formula is C24H38N4O4. The molecule has 178 valence electrons. The van der Waals surface area contributed by atoms with E-state index in [1.165, 1.54) is 6.42 Å². The number of rotatable bonds is 6. The number of aliphatic hydroxyl groups excluding tert-OH is 1. The monoisotopic (exact) mass is 446 g/mol.